The van der Waals surface area contributed by atoms with Crippen molar-refractivity contribution in [2.45, 2.75) is 19.5 Å². The molecule has 0 aliphatic rings. The monoisotopic (exact) mass is 458 g/mol. The summed E-state index contributed by atoms with van der Waals surface area (Å²) in [5.41, 5.74) is 4.77. The van der Waals surface area contributed by atoms with Gasteiger partial charge in [0.05, 0.1) is 12.3 Å². The van der Waals surface area contributed by atoms with Crippen LogP contribution in [0.15, 0.2) is 90.0 Å². The summed E-state index contributed by atoms with van der Waals surface area (Å²) >= 11 is 0. The molecule has 8 heteroatoms. The molecular formula is C26H26N4O4. The molecule has 0 fully saturated rings. The molecule has 0 aromatic heterocycles. The molecule has 3 rings (SSSR count). The minimum atomic E-state index is -0.858. The first-order valence-electron chi connectivity index (χ1n) is 10.7. The average Bonchev–Trinajstić information content (AvgIpc) is 2.87. The van der Waals surface area contributed by atoms with Gasteiger partial charge in [0.15, 0.2) is 6.61 Å². The van der Waals surface area contributed by atoms with Crippen LogP contribution in [0.2, 0.25) is 0 Å². The Bertz CT molecular complexity index is 1120. The average molecular weight is 459 g/mol. The Labute approximate surface area is 198 Å². The molecular weight excluding hydrogens is 432 g/mol. The Hall–Kier alpha value is -4.46. The molecule has 3 amide bonds. The van der Waals surface area contributed by atoms with Crippen LogP contribution in [-0.4, -0.2) is 30.5 Å². The van der Waals surface area contributed by atoms with Crippen LogP contribution < -0.4 is 20.8 Å². The summed E-state index contributed by atoms with van der Waals surface area (Å²) in [6, 6.07) is 25.6. The second-order valence-electron chi connectivity index (χ2n) is 7.42. The summed E-state index contributed by atoms with van der Waals surface area (Å²) in [5.74, 6) is -1.34. The summed E-state index contributed by atoms with van der Waals surface area (Å²) in [6.45, 7) is 2.05. The molecule has 1 atom stereocenters. The van der Waals surface area contributed by atoms with Crippen molar-refractivity contribution in [3.8, 4) is 5.75 Å². The van der Waals surface area contributed by atoms with Crippen molar-refractivity contribution in [3.63, 3.8) is 0 Å². The van der Waals surface area contributed by atoms with Crippen molar-refractivity contribution in [3.05, 3.63) is 102 Å². The van der Waals surface area contributed by atoms with E-state index < -0.39 is 11.8 Å². The number of carbonyl (C=O) groups excluding carboxylic acids is 3. The van der Waals surface area contributed by atoms with Gasteiger partial charge in [-0.1, -0.05) is 60.7 Å². The van der Waals surface area contributed by atoms with Gasteiger partial charge in [0.25, 0.3) is 5.91 Å². The molecule has 8 nitrogen and oxygen atoms in total. The molecule has 3 aromatic rings. The minimum Gasteiger partial charge on any atom is -0.484 e. The number of benzene rings is 3. The number of carbonyl (C=O) groups is 3. The Balaban J connectivity index is 1.38. The highest BCUT2D eigenvalue weighted by molar-refractivity contribution is 6.35. The van der Waals surface area contributed by atoms with Crippen LogP contribution >= 0.6 is 0 Å². The topological polar surface area (TPSA) is 109 Å². The van der Waals surface area contributed by atoms with E-state index in [9.17, 15) is 14.4 Å². The van der Waals surface area contributed by atoms with E-state index in [-0.39, 0.29) is 25.1 Å². The van der Waals surface area contributed by atoms with Crippen molar-refractivity contribution in [2.24, 2.45) is 5.10 Å². The van der Waals surface area contributed by atoms with Gasteiger partial charge in [-0.05, 0) is 47.9 Å². The largest absolute Gasteiger partial charge is 0.484 e. The molecule has 0 radical (unpaired) electrons. The van der Waals surface area contributed by atoms with Gasteiger partial charge in [0, 0.05) is 6.54 Å². The van der Waals surface area contributed by atoms with Crippen LogP contribution in [0.4, 0.5) is 0 Å². The molecule has 0 aliphatic carbocycles. The first-order chi connectivity index (χ1) is 16.5. The van der Waals surface area contributed by atoms with E-state index in [4.69, 9.17) is 4.74 Å². The van der Waals surface area contributed by atoms with Crippen molar-refractivity contribution < 1.29 is 19.1 Å². The molecule has 174 valence electrons. The van der Waals surface area contributed by atoms with Gasteiger partial charge >= 0.3 is 11.8 Å². The maximum atomic E-state index is 12.1. The number of amides is 3. The van der Waals surface area contributed by atoms with Crippen LogP contribution in [0.25, 0.3) is 0 Å². The summed E-state index contributed by atoms with van der Waals surface area (Å²) in [5, 5.41) is 9.20. The highest BCUT2D eigenvalue weighted by Crippen LogP contribution is 2.13. The molecule has 0 saturated heterocycles. The number of hydrogen-bond donors (Lipinski definition) is 3. The van der Waals surface area contributed by atoms with Gasteiger partial charge < -0.3 is 15.4 Å². The molecule has 1 unspecified atom stereocenters. The molecule has 3 aromatic carbocycles. The van der Waals surface area contributed by atoms with Gasteiger partial charge in [0.2, 0.25) is 0 Å². The van der Waals surface area contributed by atoms with Gasteiger partial charge in [-0.2, -0.15) is 5.10 Å². The fourth-order valence-corrected chi connectivity index (χ4v) is 2.98. The first-order valence-corrected chi connectivity index (χ1v) is 10.7. The van der Waals surface area contributed by atoms with E-state index in [2.05, 4.69) is 21.2 Å². The zero-order valence-electron chi connectivity index (χ0n) is 18.7. The van der Waals surface area contributed by atoms with Crippen molar-refractivity contribution in [1.82, 2.24) is 16.1 Å². The lowest BCUT2D eigenvalue weighted by Crippen LogP contribution is -2.37. The third kappa shape index (κ3) is 7.90. The lowest BCUT2D eigenvalue weighted by molar-refractivity contribution is -0.139. The third-order valence-corrected chi connectivity index (χ3v) is 4.81. The van der Waals surface area contributed by atoms with Gasteiger partial charge in [0.1, 0.15) is 5.75 Å². The second-order valence-corrected chi connectivity index (χ2v) is 7.42. The molecule has 3 N–H and O–H groups in total. The number of nitrogens with zero attached hydrogens (tertiary/aromatic N) is 1. The first kappa shape index (κ1) is 24.2. The van der Waals surface area contributed by atoms with E-state index in [1.54, 1.807) is 24.3 Å². The van der Waals surface area contributed by atoms with Gasteiger partial charge in [-0.25, -0.2) is 5.43 Å². The van der Waals surface area contributed by atoms with Crippen LogP contribution in [0.3, 0.4) is 0 Å². The van der Waals surface area contributed by atoms with Crippen LogP contribution in [0, 0.1) is 0 Å². The summed E-state index contributed by atoms with van der Waals surface area (Å²) in [4.78, 5) is 35.8. The number of hydrazone groups is 1. The Morgan fingerprint density at radius 3 is 2.21 bits per heavy atom. The number of ether oxygens (including phenoxy) is 1. The van der Waals surface area contributed by atoms with Gasteiger partial charge in [-0.3, -0.25) is 14.4 Å². The zero-order valence-corrected chi connectivity index (χ0v) is 18.7. The fraction of sp³-hybridized carbons (Fsp3) is 0.154. The lowest BCUT2D eigenvalue weighted by Gasteiger charge is -2.14. The predicted molar refractivity (Wildman–Crippen MR) is 129 cm³/mol. The normalized spacial score (nSPS) is 11.4. The standard InChI is InChI=1S/C26H26N4O4/c1-19(22-10-6-3-7-11-22)29-24(31)18-34-23-14-12-21(13-15-23)17-28-30-26(33)25(32)27-16-20-8-4-2-5-9-20/h2-15,17,19H,16,18H2,1H3,(H,27,32)(H,29,31)(H,30,33). The van der Waals surface area contributed by atoms with E-state index >= 15 is 0 Å². The maximum Gasteiger partial charge on any atom is 0.329 e. The molecule has 0 saturated carbocycles. The SMILES string of the molecule is CC(NC(=O)COc1ccc(C=NNC(=O)C(=O)NCc2ccccc2)cc1)c1ccccc1. The molecule has 0 spiro atoms. The van der Waals surface area contributed by atoms with Crippen LogP contribution in [0.5, 0.6) is 5.75 Å². The van der Waals surface area contributed by atoms with Crippen LogP contribution in [-0.2, 0) is 20.9 Å². The number of rotatable bonds is 9. The molecule has 0 bridgehead atoms. The second kappa shape index (κ2) is 12.5. The zero-order chi connectivity index (χ0) is 24.2. The van der Waals surface area contributed by atoms with E-state index in [0.29, 0.717) is 11.3 Å². The van der Waals surface area contributed by atoms with Crippen LogP contribution in [0.1, 0.15) is 29.7 Å². The van der Waals surface area contributed by atoms with E-state index in [0.717, 1.165) is 11.1 Å². The van der Waals surface area contributed by atoms with E-state index in [1.165, 1.54) is 6.21 Å². The highest BCUT2D eigenvalue weighted by atomic mass is 16.5. The fourth-order valence-electron chi connectivity index (χ4n) is 2.98. The lowest BCUT2D eigenvalue weighted by atomic mass is 10.1. The van der Waals surface area contributed by atoms with Gasteiger partial charge in [-0.15, -0.1) is 0 Å². The summed E-state index contributed by atoms with van der Waals surface area (Å²) in [6.07, 6.45) is 1.40. The highest BCUT2D eigenvalue weighted by Gasteiger charge is 2.12. The van der Waals surface area contributed by atoms with E-state index in [1.807, 2.05) is 67.6 Å². The smallest absolute Gasteiger partial charge is 0.329 e. The molecule has 34 heavy (non-hydrogen) atoms. The Morgan fingerprint density at radius 1 is 0.882 bits per heavy atom. The Kier molecular flexibility index (Phi) is 8.92. The molecule has 0 aliphatic heterocycles. The van der Waals surface area contributed by atoms with Crippen molar-refractivity contribution in [1.29, 1.82) is 0 Å². The van der Waals surface area contributed by atoms with Crippen molar-refractivity contribution in [2.75, 3.05) is 6.61 Å². The minimum absolute atomic E-state index is 0.112. The predicted octanol–water partition coefficient (Wildman–Crippen LogP) is 2.71. The number of nitrogens with one attached hydrogen (secondary N) is 3. The third-order valence-electron chi connectivity index (χ3n) is 4.81. The Morgan fingerprint density at radius 2 is 1.53 bits per heavy atom. The summed E-state index contributed by atoms with van der Waals surface area (Å²) in [7, 11) is 0. The number of hydrogen-bond acceptors (Lipinski definition) is 5. The molecule has 0 heterocycles. The quantitative estimate of drug-likeness (QED) is 0.260. The maximum absolute atomic E-state index is 12.1. The summed E-state index contributed by atoms with van der Waals surface area (Å²) < 4.78 is 5.52. The van der Waals surface area contributed by atoms with Crippen molar-refractivity contribution >= 4 is 23.9 Å².